The number of hydrogen-bond donors (Lipinski definition) is 0. The third kappa shape index (κ3) is 1.91. The largest absolute Gasteiger partial charge is 1.00 e. The fraction of sp³-hybridized carbons (Fsp3) is 0.647. The minimum Gasteiger partial charge on any atom is -0.678 e. The molecule has 3 heteroatoms. The summed E-state index contributed by atoms with van der Waals surface area (Å²) in [5, 5.41) is 5.30. The van der Waals surface area contributed by atoms with Gasteiger partial charge in [-0.05, 0) is 43.9 Å². The molecule has 1 aromatic rings. The van der Waals surface area contributed by atoms with E-state index in [1.807, 2.05) is 0 Å². The monoisotopic (exact) mass is 338 g/mol. The predicted molar refractivity (Wildman–Crippen MR) is 76.8 cm³/mol. The van der Waals surface area contributed by atoms with E-state index >= 15 is 0 Å². The van der Waals surface area contributed by atoms with Gasteiger partial charge in [-0.15, -0.1) is 5.69 Å². The quantitative estimate of drug-likeness (QED) is 0.664. The van der Waals surface area contributed by atoms with Gasteiger partial charge in [0, 0.05) is 19.6 Å². The van der Waals surface area contributed by atoms with E-state index in [-0.39, 0.29) is 63.7 Å². The molecule has 1 aromatic carbocycles. The molecule has 2 unspecified atom stereocenters. The van der Waals surface area contributed by atoms with Gasteiger partial charge in [0.2, 0.25) is 0 Å². The second kappa shape index (κ2) is 4.89. The maximum Gasteiger partial charge on any atom is 1.00 e. The van der Waals surface area contributed by atoms with E-state index in [2.05, 4.69) is 30.0 Å². The summed E-state index contributed by atoms with van der Waals surface area (Å²) in [6, 6.07) is 6.85. The zero-order valence-corrected chi connectivity index (χ0v) is 17.5. The Kier molecular flexibility index (Phi) is 3.52. The van der Waals surface area contributed by atoms with Crippen LogP contribution in [0.1, 0.15) is 24.0 Å². The third-order valence-corrected chi connectivity index (χ3v) is 6.16. The van der Waals surface area contributed by atoms with Crippen LogP contribution in [-0.2, 0) is 6.42 Å². The average molecular weight is 339 g/mol. The molecule has 2 atom stereocenters. The van der Waals surface area contributed by atoms with Gasteiger partial charge in [-0.2, -0.15) is 0 Å². The second-order valence-electron chi connectivity index (χ2n) is 7.36. The molecule has 0 amide bonds. The van der Waals surface area contributed by atoms with Gasteiger partial charge in [0.25, 0.3) is 0 Å². The standard InChI is InChI=1S/C17H21N2.Rb/c1-11-2-3-16-13(4-11)7-17(18-16)14-5-12-6-15(17)10-19(8-12)9-14;/h2-4,12,14-15H,5-10H2,1H3;/q-1;+1. The summed E-state index contributed by atoms with van der Waals surface area (Å²) in [4.78, 5) is 2.71. The van der Waals surface area contributed by atoms with E-state index < -0.39 is 0 Å². The van der Waals surface area contributed by atoms with Gasteiger partial charge in [-0.1, -0.05) is 34.9 Å². The number of hydrogen-bond acceptors (Lipinski definition) is 1. The number of aryl methyl sites for hydroxylation is 1. The number of piperidine rings is 3. The minimum atomic E-state index is 0. The molecule has 0 aromatic heterocycles. The maximum atomic E-state index is 5.30. The van der Waals surface area contributed by atoms with Gasteiger partial charge in [-0.3, -0.25) is 0 Å². The summed E-state index contributed by atoms with van der Waals surface area (Å²) in [5.41, 5.74) is 4.48. The number of nitrogens with zero attached hydrogens (tertiary/aromatic N) is 2. The molecule has 1 spiro atoms. The van der Waals surface area contributed by atoms with Gasteiger partial charge in [-0.25, -0.2) is 0 Å². The van der Waals surface area contributed by atoms with E-state index in [1.54, 1.807) is 0 Å². The Morgan fingerprint density at radius 1 is 1.15 bits per heavy atom. The van der Waals surface area contributed by atoms with E-state index in [4.69, 9.17) is 5.32 Å². The summed E-state index contributed by atoms with van der Waals surface area (Å²) >= 11 is 0. The van der Waals surface area contributed by atoms with Crippen LogP contribution in [0.4, 0.5) is 5.69 Å². The minimum absolute atomic E-state index is 0. The first-order chi connectivity index (χ1) is 9.23. The molecular formula is C17H21N2Rb. The van der Waals surface area contributed by atoms with Crippen LogP contribution in [0.25, 0.3) is 5.32 Å². The number of rotatable bonds is 0. The van der Waals surface area contributed by atoms with Crippen molar-refractivity contribution >= 4 is 5.69 Å². The topological polar surface area (TPSA) is 17.3 Å². The molecule has 1 aliphatic carbocycles. The molecule has 4 bridgehead atoms. The van der Waals surface area contributed by atoms with Crippen molar-refractivity contribution < 1.29 is 58.2 Å². The maximum absolute atomic E-state index is 5.30. The first kappa shape index (κ1) is 14.4. The van der Waals surface area contributed by atoms with Crippen LogP contribution in [0, 0.1) is 24.7 Å². The van der Waals surface area contributed by atoms with Crippen LogP contribution in [-0.4, -0.2) is 30.1 Å². The first-order valence-corrected chi connectivity index (χ1v) is 7.78. The molecule has 4 heterocycles. The Morgan fingerprint density at radius 2 is 1.90 bits per heavy atom. The summed E-state index contributed by atoms with van der Waals surface area (Å²) in [6.07, 6.45) is 4.09. The fourth-order valence-electron chi connectivity index (χ4n) is 5.47. The Morgan fingerprint density at radius 3 is 2.60 bits per heavy atom. The molecule has 100 valence electrons. The summed E-state index contributed by atoms with van der Waals surface area (Å²) in [5.74, 6) is 2.63. The van der Waals surface area contributed by atoms with E-state index in [0.717, 1.165) is 17.8 Å². The molecule has 2 nitrogen and oxygen atoms in total. The van der Waals surface area contributed by atoms with Crippen molar-refractivity contribution in [3.05, 3.63) is 34.6 Å². The number of benzene rings is 1. The van der Waals surface area contributed by atoms with Gasteiger partial charge >= 0.3 is 58.2 Å². The molecule has 3 saturated heterocycles. The number of fused-ring (bicyclic) bond motifs is 1. The zero-order chi connectivity index (χ0) is 12.6. The Bertz CT molecular complexity index is 526. The summed E-state index contributed by atoms with van der Waals surface area (Å²) < 4.78 is 0. The van der Waals surface area contributed by atoms with Crippen molar-refractivity contribution in [3.63, 3.8) is 0 Å². The summed E-state index contributed by atoms with van der Waals surface area (Å²) in [7, 11) is 0. The van der Waals surface area contributed by atoms with Crippen LogP contribution < -0.4 is 58.2 Å². The molecule has 20 heavy (non-hydrogen) atoms. The van der Waals surface area contributed by atoms with Crippen LogP contribution in [0.5, 0.6) is 0 Å². The van der Waals surface area contributed by atoms with Crippen LogP contribution in [0.15, 0.2) is 18.2 Å². The molecule has 5 aliphatic rings. The van der Waals surface area contributed by atoms with Crippen molar-refractivity contribution in [2.75, 3.05) is 19.6 Å². The molecule has 4 fully saturated rings. The van der Waals surface area contributed by atoms with E-state index in [9.17, 15) is 0 Å². The Hall–Kier alpha value is 0.785. The van der Waals surface area contributed by atoms with Crippen molar-refractivity contribution in [1.82, 2.24) is 4.90 Å². The van der Waals surface area contributed by atoms with Crippen LogP contribution >= 0.6 is 0 Å². The Labute approximate surface area is 170 Å². The third-order valence-electron chi connectivity index (χ3n) is 6.16. The average Bonchev–Trinajstić information content (AvgIpc) is 2.75. The van der Waals surface area contributed by atoms with Crippen molar-refractivity contribution in [3.8, 4) is 0 Å². The van der Waals surface area contributed by atoms with Gasteiger partial charge in [0.05, 0.1) is 0 Å². The predicted octanol–water partition coefficient (Wildman–Crippen LogP) is 0.271. The molecule has 1 saturated carbocycles. The van der Waals surface area contributed by atoms with Gasteiger partial charge in [0.15, 0.2) is 0 Å². The van der Waals surface area contributed by atoms with E-state index in [0.29, 0.717) is 0 Å². The normalized spacial score (nSPS) is 43.2. The van der Waals surface area contributed by atoms with Crippen molar-refractivity contribution in [1.29, 1.82) is 0 Å². The summed E-state index contributed by atoms with van der Waals surface area (Å²) in [6.45, 7) is 6.19. The van der Waals surface area contributed by atoms with Crippen LogP contribution in [0.2, 0.25) is 0 Å². The molecular weight excluding hydrogens is 318 g/mol. The van der Waals surface area contributed by atoms with Crippen molar-refractivity contribution in [2.45, 2.75) is 31.7 Å². The van der Waals surface area contributed by atoms with Crippen LogP contribution in [0.3, 0.4) is 0 Å². The Balaban J connectivity index is 0.00000106. The smallest absolute Gasteiger partial charge is 0.678 e. The fourth-order valence-corrected chi connectivity index (χ4v) is 5.47. The first-order valence-electron chi connectivity index (χ1n) is 7.78. The molecule has 6 rings (SSSR count). The van der Waals surface area contributed by atoms with Crippen molar-refractivity contribution in [2.24, 2.45) is 17.8 Å². The molecule has 0 N–H and O–H groups in total. The second-order valence-corrected chi connectivity index (χ2v) is 7.36. The zero-order valence-electron chi connectivity index (χ0n) is 12.6. The van der Waals surface area contributed by atoms with Gasteiger partial charge < -0.3 is 10.2 Å². The SMILES string of the molecule is Cc1ccc2c(c1)CC1([N-]2)C2CC3CC1CN(C3)C2.[Rb+]. The molecule has 0 radical (unpaired) electrons. The van der Waals surface area contributed by atoms with Gasteiger partial charge in [0.1, 0.15) is 0 Å². The van der Waals surface area contributed by atoms with E-state index in [1.165, 1.54) is 55.7 Å². The molecule has 4 aliphatic heterocycles.